The van der Waals surface area contributed by atoms with Gasteiger partial charge >= 0.3 is 0 Å². The van der Waals surface area contributed by atoms with Crippen LogP contribution in [0.1, 0.15) is 38.1 Å². The number of anilines is 2. The molecule has 3 aromatic rings. The molecule has 1 unspecified atom stereocenters. The summed E-state index contributed by atoms with van der Waals surface area (Å²) in [6.45, 7) is 7.35. The Balaban J connectivity index is 1.47. The number of rotatable bonds is 8. The second-order valence-electron chi connectivity index (χ2n) is 8.01. The molecule has 1 aromatic carbocycles. The predicted octanol–water partition coefficient (Wildman–Crippen LogP) is 2.68. The average molecular weight is 422 g/mol. The van der Waals surface area contributed by atoms with Crippen LogP contribution in [0.4, 0.5) is 11.8 Å². The van der Waals surface area contributed by atoms with E-state index in [1.54, 1.807) is 12.3 Å². The zero-order chi connectivity index (χ0) is 21.8. The zero-order valence-corrected chi connectivity index (χ0v) is 17.9. The molecule has 0 bridgehead atoms. The zero-order valence-electron chi connectivity index (χ0n) is 17.9. The first kappa shape index (κ1) is 20.9. The van der Waals surface area contributed by atoms with Crippen LogP contribution in [-0.2, 0) is 16.1 Å². The number of benzene rings is 1. The van der Waals surface area contributed by atoms with Crippen molar-refractivity contribution in [1.29, 1.82) is 0 Å². The van der Waals surface area contributed by atoms with Gasteiger partial charge in [0.25, 0.3) is 0 Å². The number of carbonyl (C=O) groups is 1. The minimum atomic E-state index is -0.634. The molecule has 0 aliphatic carbocycles. The molecule has 0 saturated carbocycles. The van der Waals surface area contributed by atoms with E-state index in [4.69, 9.17) is 4.74 Å². The van der Waals surface area contributed by atoms with Crippen LogP contribution in [0.5, 0.6) is 0 Å². The van der Waals surface area contributed by atoms with Gasteiger partial charge in [0, 0.05) is 6.20 Å². The lowest BCUT2D eigenvalue weighted by molar-refractivity contribution is -0.115. The Kier molecular flexibility index (Phi) is 6.22. The largest absolute Gasteiger partial charge is 0.349 e. The molecule has 1 aliphatic heterocycles. The van der Waals surface area contributed by atoms with E-state index in [1.165, 1.54) is 0 Å². The maximum atomic E-state index is 11.5. The summed E-state index contributed by atoms with van der Waals surface area (Å²) in [6.07, 6.45) is 3.78. The first-order chi connectivity index (χ1) is 15.0. The number of nitrogens with zero attached hydrogens (tertiary/aromatic N) is 6. The minimum absolute atomic E-state index is 0.0771. The lowest BCUT2D eigenvalue weighted by Crippen LogP contribution is -2.41. The van der Waals surface area contributed by atoms with Gasteiger partial charge in [0.05, 0.1) is 31.4 Å². The molecule has 1 N–H and O–H groups in total. The molecule has 0 radical (unpaired) electrons. The molecule has 1 fully saturated rings. The molecular formula is C22H27N7O2. The number of aldehydes is 1. The topological polar surface area (TPSA) is 98.1 Å². The third kappa shape index (κ3) is 4.72. The van der Waals surface area contributed by atoms with Crippen LogP contribution in [0, 0.1) is 5.92 Å². The van der Waals surface area contributed by atoms with Crippen molar-refractivity contribution in [2.75, 3.05) is 16.8 Å². The molecule has 31 heavy (non-hydrogen) atoms. The Morgan fingerprint density at radius 1 is 1.23 bits per heavy atom. The van der Waals surface area contributed by atoms with Crippen molar-refractivity contribution >= 4 is 18.1 Å². The highest BCUT2D eigenvalue weighted by molar-refractivity contribution is 5.64. The summed E-state index contributed by atoms with van der Waals surface area (Å²) in [5, 5.41) is 11.8. The number of nitrogens with one attached hydrogen (secondary N) is 1. The Hall–Kier alpha value is -3.33. The highest BCUT2D eigenvalue weighted by Crippen LogP contribution is 2.28. The second-order valence-corrected chi connectivity index (χ2v) is 8.01. The molecule has 1 saturated heterocycles. The molecule has 2 aromatic heterocycles. The van der Waals surface area contributed by atoms with Crippen molar-refractivity contribution in [2.24, 2.45) is 5.92 Å². The van der Waals surface area contributed by atoms with Gasteiger partial charge in [-0.1, -0.05) is 49.4 Å². The summed E-state index contributed by atoms with van der Waals surface area (Å²) in [6, 6.07) is 11.9. The third-order valence-corrected chi connectivity index (χ3v) is 5.39. The van der Waals surface area contributed by atoms with Crippen molar-refractivity contribution in [3.05, 3.63) is 60.0 Å². The van der Waals surface area contributed by atoms with E-state index in [0.29, 0.717) is 30.8 Å². The van der Waals surface area contributed by atoms with Crippen molar-refractivity contribution in [3.8, 4) is 0 Å². The van der Waals surface area contributed by atoms with Crippen LogP contribution in [0.2, 0.25) is 0 Å². The first-order valence-corrected chi connectivity index (χ1v) is 10.4. The smallest absolute Gasteiger partial charge is 0.225 e. The predicted molar refractivity (Wildman–Crippen MR) is 117 cm³/mol. The molecule has 4 rings (SSSR count). The Morgan fingerprint density at radius 2 is 2.03 bits per heavy atom. The van der Waals surface area contributed by atoms with Gasteiger partial charge in [0.15, 0.2) is 12.5 Å². The van der Waals surface area contributed by atoms with Gasteiger partial charge in [-0.25, -0.2) is 9.67 Å². The summed E-state index contributed by atoms with van der Waals surface area (Å²) < 4.78 is 7.45. The summed E-state index contributed by atoms with van der Waals surface area (Å²) in [5.41, 5.74) is 1.95. The third-order valence-electron chi connectivity index (χ3n) is 5.39. The van der Waals surface area contributed by atoms with Gasteiger partial charge < -0.3 is 15.0 Å². The molecule has 0 spiro atoms. The molecule has 162 valence electrons. The van der Waals surface area contributed by atoms with E-state index in [9.17, 15) is 4.79 Å². The van der Waals surface area contributed by atoms with E-state index in [1.807, 2.05) is 40.9 Å². The Labute approximate surface area is 181 Å². The molecule has 3 heterocycles. The maximum Gasteiger partial charge on any atom is 0.225 e. The van der Waals surface area contributed by atoms with E-state index < -0.39 is 6.23 Å². The van der Waals surface area contributed by atoms with Crippen molar-refractivity contribution in [3.63, 3.8) is 0 Å². The fraction of sp³-hybridized carbons (Fsp3) is 0.409. The SMILES string of the molecule is CC(C)[C@H]1COC(C=O)N1c1ccnc(N[C@@H](C)c2cn(Cc3ccccc3)nn2)n1. The highest BCUT2D eigenvalue weighted by Gasteiger charge is 2.37. The van der Waals surface area contributed by atoms with Crippen molar-refractivity contribution in [1.82, 2.24) is 25.0 Å². The van der Waals surface area contributed by atoms with Crippen molar-refractivity contribution in [2.45, 2.75) is 45.6 Å². The van der Waals surface area contributed by atoms with Crippen LogP contribution >= 0.6 is 0 Å². The normalized spacial score (nSPS) is 19.5. The molecule has 3 atom stereocenters. The van der Waals surface area contributed by atoms with E-state index in [2.05, 4.69) is 51.6 Å². The molecule has 9 nitrogen and oxygen atoms in total. The number of carbonyl (C=O) groups excluding carboxylic acids is 1. The molecule has 0 amide bonds. The van der Waals surface area contributed by atoms with Gasteiger partial charge in [0.1, 0.15) is 11.5 Å². The second kappa shape index (κ2) is 9.22. The quantitative estimate of drug-likeness (QED) is 0.555. The van der Waals surface area contributed by atoms with E-state index in [-0.39, 0.29) is 12.1 Å². The number of aromatic nitrogens is 5. The number of ether oxygens (including phenoxy) is 1. The first-order valence-electron chi connectivity index (χ1n) is 10.4. The Morgan fingerprint density at radius 3 is 2.77 bits per heavy atom. The van der Waals surface area contributed by atoms with Gasteiger partial charge in [-0.15, -0.1) is 5.10 Å². The van der Waals surface area contributed by atoms with Crippen LogP contribution < -0.4 is 10.2 Å². The minimum Gasteiger partial charge on any atom is -0.349 e. The van der Waals surface area contributed by atoms with Crippen molar-refractivity contribution < 1.29 is 9.53 Å². The lowest BCUT2D eigenvalue weighted by atomic mass is 10.0. The van der Waals surface area contributed by atoms with Crippen LogP contribution in [0.3, 0.4) is 0 Å². The molecule has 1 aliphatic rings. The van der Waals surface area contributed by atoms with E-state index >= 15 is 0 Å². The van der Waals surface area contributed by atoms with Crippen LogP contribution in [0.15, 0.2) is 48.8 Å². The van der Waals surface area contributed by atoms with Gasteiger partial charge in [0.2, 0.25) is 5.95 Å². The van der Waals surface area contributed by atoms with E-state index in [0.717, 1.165) is 17.5 Å². The van der Waals surface area contributed by atoms with Crippen LogP contribution in [-0.4, -0.2) is 50.1 Å². The van der Waals surface area contributed by atoms with Gasteiger partial charge in [-0.05, 0) is 24.5 Å². The van der Waals surface area contributed by atoms with Crippen LogP contribution in [0.25, 0.3) is 0 Å². The maximum absolute atomic E-state index is 11.5. The highest BCUT2D eigenvalue weighted by atomic mass is 16.5. The summed E-state index contributed by atoms with van der Waals surface area (Å²) in [7, 11) is 0. The standard InChI is InChI=1S/C22H27N7O2/c1-15(2)19-14-31-21(13-30)29(19)20-9-10-23-22(25-20)24-16(3)18-12-28(27-26-18)11-17-7-5-4-6-8-17/h4-10,12-13,15-16,19,21H,11,14H2,1-3H3,(H,23,24,25)/t16-,19+,21?/m0/s1. The molecule has 9 heteroatoms. The molecular weight excluding hydrogens is 394 g/mol. The summed E-state index contributed by atoms with van der Waals surface area (Å²) in [4.78, 5) is 22.4. The lowest BCUT2D eigenvalue weighted by Gasteiger charge is -2.29. The monoisotopic (exact) mass is 421 g/mol. The fourth-order valence-electron chi connectivity index (χ4n) is 3.65. The van der Waals surface area contributed by atoms with Gasteiger partial charge in [-0.3, -0.25) is 4.79 Å². The number of hydrogen-bond donors (Lipinski definition) is 1. The number of hydrogen-bond acceptors (Lipinski definition) is 8. The summed E-state index contributed by atoms with van der Waals surface area (Å²) in [5.74, 6) is 1.43. The van der Waals surface area contributed by atoms with Gasteiger partial charge in [-0.2, -0.15) is 4.98 Å². The average Bonchev–Trinajstić information content (AvgIpc) is 3.42. The Bertz CT molecular complexity index is 1010. The fourth-order valence-corrected chi connectivity index (χ4v) is 3.65. The summed E-state index contributed by atoms with van der Waals surface area (Å²) >= 11 is 0.